The Morgan fingerprint density at radius 1 is 1.17 bits per heavy atom. The molecule has 0 radical (unpaired) electrons. The van der Waals surface area contributed by atoms with Crippen LogP contribution in [0.4, 0.5) is 4.79 Å². The molecule has 0 saturated heterocycles. The molecule has 132 valence electrons. The molecule has 0 fully saturated rings. The normalized spacial score (nSPS) is 13.5. The van der Waals surface area contributed by atoms with Crippen molar-refractivity contribution in [2.75, 3.05) is 6.61 Å². The minimum Gasteiger partial charge on any atom is -0.460 e. The van der Waals surface area contributed by atoms with Crippen LogP contribution in [-0.4, -0.2) is 39.9 Å². The lowest BCUT2D eigenvalue weighted by molar-refractivity contribution is -0.146. The summed E-state index contributed by atoms with van der Waals surface area (Å²) in [6.07, 6.45) is 1.93. The lowest BCUT2D eigenvalue weighted by Gasteiger charge is -2.23. The van der Waals surface area contributed by atoms with Crippen molar-refractivity contribution in [1.29, 1.82) is 0 Å². The van der Waals surface area contributed by atoms with E-state index in [0.29, 0.717) is 0 Å². The van der Waals surface area contributed by atoms with Gasteiger partial charge in [-0.3, -0.25) is 4.79 Å². The second kappa shape index (κ2) is 9.35. The topological polar surface area (TPSA) is 81.7 Å². The van der Waals surface area contributed by atoms with Crippen molar-refractivity contribution in [2.24, 2.45) is 0 Å². The number of hydrogen-bond donors (Lipinski definition) is 1. The zero-order chi connectivity index (χ0) is 18.3. The molecular weight excluding hydrogens is 369 g/mol. The molecule has 0 aliphatic carbocycles. The van der Waals surface area contributed by atoms with Crippen LogP contribution in [0.5, 0.6) is 0 Å². The zero-order valence-corrected chi connectivity index (χ0v) is 15.6. The van der Waals surface area contributed by atoms with Gasteiger partial charge in [-0.25, -0.2) is 9.59 Å². The van der Waals surface area contributed by atoms with Gasteiger partial charge in [-0.05, 0) is 40.2 Å². The van der Waals surface area contributed by atoms with Crippen molar-refractivity contribution in [3.05, 3.63) is 12.2 Å². The number of esters is 1. The standard InChI is InChI=1S/C14H20Cl3NO5/c1-9(19)6-5-7-10(11(20)22-8-14(15,16)17)18-12(21)23-13(2,3)4/h5-6,10H,7-8H2,1-4H3,(H,18,21)/b6-5+/t10-/m1/s1. The van der Waals surface area contributed by atoms with Gasteiger partial charge >= 0.3 is 12.1 Å². The number of hydrogen-bond acceptors (Lipinski definition) is 5. The number of amides is 1. The maximum Gasteiger partial charge on any atom is 0.408 e. The smallest absolute Gasteiger partial charge is 0.408 e. The number of nitrogens with one attached hydrogen (secondary N) is 1. The third-order valence-corrected chi connectivity index (χ3v) is 2.41. The van der Waals surface area contributed by atoms with E-state index >= 15 is 0 Å². The highest BCUT2D eigenvalue weighted by Gasteiger charge is 2.28. The van der Waals surface area contributed by atoms with E-state index in [2.05, 4.69) is 5.32 Å². The van der Waals surface area contributed by atoms with Gasteiger partial charge in [0, 0.05) is 0 Å². The first-order valence-electron chi connectivity index (χ1n) is 6.70. The molecule has 0 heterocycles. The fourth-order valence-electron chi connectivity index (χ4n) is 1.29. The highest BCUT2D eigenvalue weighted by atomic mass is 35.6. The summed E-state index contributed by atoms with van der Waals surface area (Å²) in [4.78, 5) is 34.6. The summed E-state index contributed by atoms with van der Waals surface area (Å²) in [6, 6.07) is -1.08. The van der Waals surface area contributed by atoms with Gasteiger partial charge in [-0.15, -0.1) is 0 Å². The van der Waals surface area contributed by atoms with Crippen molar-refractivity contribution >= 4 is 52.6 Å². The first-order valence-corrected chi connectivity index (χ1v) is 7.83. The van der Waals surface area contributed by atoms with Gasteiger partial charge in [0.2, 0.25) is 3.79 Å². The molecule has 9 heteroatoms. The van der Waals surface area contributed by atoms with Gasteiger partial charge in [-0.1, -0.05) is 40.9 Å². The monoisotopic (exact) mass is 387 g/mol. The summed E-state index contributed by atoms with van der Waals surface area (Å²) in [5.74, 6) is -1.01. The maximum absolute atomic E-state index is 12.0. The van der Waals surface area contributed by atoms with Gasteiger partial charge in [0.15, 0.2) is 5.78 Å². The number of alkyl halides is 3. The average Bonchev–Trinajstić information content (AvgIpc) is 2.31. The lowest BCUT2D eigenvalue weighted by Crippen LogP contribution is -2.44. The molecule has 0 bridgehead atoms. The number of ketones is 1. The summed E-state index contributed by atoms with van der Waals surface area (Å²) in [6.45, 7) is 5.92. The Morgan fingerprint density at radius 3 is 2.17 bits per heavy atom. The quantitative estimate of drug-likeness (QED) is 0.429. The molecule has 0 aliphatic heterocycles. The van der Waals surface area contributed by atoms with Crippen molar-refractivity contribution in [2.45, 2.75) is 49.6 Å². The van der Waals surface area contributed by atoms with Gasteiger partial charge < -0.3 is 14.8 Å². The van der Waals surface area contributed by atoms with Crippen molar-refractivity contribution < 1.29 is 23.9 Å². The Bertz CT molecular complexity index is 466. The van der Waals surface area contributed by atoms with Crippen LogP contribution in [-0.2, 0) is 19.1 Å². The molecule has 1 N–H and O–H groups in total. The van der Waals surface area contributed by atoms with Crippen LogP contribution in [0.3, 0.4) is 0 Å². The highest BCUT2D eigenvalue weighted by Crippen LogP contribution is 2.26. The van der Waals surface area contributed by atoms with E-state index in [4.69, 9.17) is 44.3 Å². The molecule has 0 unspecified atom stereocenters. The Labute approximate surface area is 150 Å². The summed E-state index contributed by atoms with van der Waals surface area (Å²) < 4.78 is 8.13. The number of alkyl carbamates (subject to hydrolysis) is 1. The Hall–Kier alpha value is -0.980. The molecule has 0 spiro atoms. The second-order valence-corrected chi connectivity index (χ2v) is 8.19. The number of carbonyl (C=O) groups excluding carboxylic acids is 3. The summed E-state index contributed by atoms with van der Waals surface area (Å²) >= 11 is 16.5. The fourth-order valence-corrected chi connectivity index (χ4v) is 1.45. The average molecular weight is 389 g/mol. The number of halogens is 3. The Balaban J connectivity index is 4.83. The molecule has 23 heavy (non-hydrogen) atoms. The van der Waals surface area contributed by atoms with E-state index in [1.807, 2.05) is 0 Å². The van der Waals surface area contributed by atoms with E-state index in [1.165, 1.54) is 19.1 Å². The van der Waals surface area contributed by atoms with E-state index in [-0.39, 0.29) is 12.2 Å². The van der Waals surface area contributed by atoms with Crippen LogP contribution in [0.15, 0.2) is 12.2 Å². The summed E-state index contributed by atoms with van der Waals surface area (Å²) in [7, 11) is 0. The van der Waals surface area contributed by atoms with E-state index in [1.54, 1.807) is 20.8 Å². The van der Waals surface area contributed by atoms with Crippen LogP contribution >= 0.6 is 34.8 Å². The summed E-state index contributed by atoms with van der Waals surface area (Å²) in [5.41, 5.74) is -0.731. The van der Waals surface area contributed by atoms with Crippen LogP contribution in [0.25, 0.3) is 0 Å². The van der Waals surface area contributed by atoms with Crippen LogP contribution < -0.4 is 5.32 Å². The molecule has 6 nitrogen and oxygen atoms in total. The van der Waals surface area contributed by atoms with Gasteiger partial charge in [-0.2, -0.15) is 0 Å². The third kappa shape index (κ3) is 13.2. The van der Waals surface area contributed by atoms with Crippen LogP contribution in [0.2, 0.25) is 0 Å². The highest BCUT2D eigenvalue weighted by molar-refractivity contribution is 6.67. The maximum atomic E-state index is 12.0. The SMILES string of the molecule is CC(=O)/C=C/C[C@@H](NC(=O)OC(C)(C)C)C(=O)OCC(Cl)(Cl)Cl. The Kier molecular flexibility index (Phi) is 8.95. The minimum absolute atomic E-state index is 0.0253. The van der Waals surface area contributed by atoms with Crippen molar-refractivity contribution in [3.63, 3.8) is 0 Å². The molecular formula is C14H20Cl3NO5. The molecule has 0 aromatic carbocycles. The molecule has 0 aromatic heterocycles. The van der Waals surface area contributed by atoms with Gasteiger partial charge in [0.25, 0.3) is 0 Å². The Morgan fingerprint density at radius 2 is 1.74 bits per heavy atom. The largest absolute Gasteiger partial charge is 0.460 e. The van der Waals surface area contributed by atoms with Crippen LogP contribution in [0, 0.1) is 0 Å². The number of ether oxygens (including phenoxy) is 2. The fraction of sp³-hybridized carbons (Fsp3) is 0.643. The van der Waals surface area contributed by atoms with Gasteiger partial charge in [0.1, 0.15) is 18.2 Å². The van der Waals surface area contributed by atoms with Crippen molar-refractivity contribution in [1.82, 2.24) is 5.32 Å². The number of rotatable bonds is 6. The molecule has 1 atom stereocenters. The molecule has 1 amide bonds. The lowest BCUT2D eigenvalue weighted by atomic mass is 10.2. The first kappa shape index (κ1) is 22.0. The van der Waals surface area contributed by atoms with Crippen molar-refractivity contribution in [3.8, 4) is 0 Å². The molecule has 0 aromatic rings. The third-order valence-electron chi connectivity index (χ3n) is 2.08. The second-order valence-electron chi connectivity index (χ2n) is 5.67. The molecule has 0 saturated carbocycles. The van der Waals surface area contributed by atoms with E-state index in [9.17, 15) is 14.4 Å². The predicted octanol–water partition coefficient (Wildman–Crippen LogP) is 3.33. The number of carbonyl (C=O) groups is 3. The van der Waals surface area contributed by atoms with E-state index in [0.717, 1.165) is 0 Å². The molecule has 0 aliphatic rings. The number of allylic oxidation sites excluding steroid dienone is 1. The van der Waals surface area contributed by atoms with Gasteiger partial charge in [0.05, 0.1) is 0 Å². The predicted molar refractivity (Wildman–Crippen MR) is 88.8 cm³/mol. The van der Waals surface area contributed by atoms with Crippen LogP contribution in [0.1, 0.15) is 34.1 Å². The molecule has 0 rings (SSSR count). The minimum atomic E-state index is -1.76. The first-order chi connectivity index (χ1) is 10.3. The zero-order valence-electron chi connectivity index (χ0n) is 13.3. The summed E-state index contributed by atoms with van der Waals surface area (Å²) in [5, 5.41) is 2.36. The van der Waals surface area contributed by atoms with E-state index < -0.39 is 34.1 Å².